The fourth-order valence-electron chi connectivity index (χ4n) is 2.27. The Balaban J connectivity index is 1.69. The molecule has 3 aromatic rings. The summed E-state index contributed by atoms with van der Waals surface area (Å²) >= 11 is 0. The van der Waals surface area contributed by atoms with E-state index in [1.54, 1.807) is 24.3 Å². The number of carbonyl (C=O) groups excluding carboxylic acids is 1. The molecule has 0 amide bonds. The molecule has 1 aromatic heterocycles. The highest BCUT2D eigenvalue weighted by Crippen LogP contribution is 2.29. The molecule has 0 bridgehead atoms. The maximum Gasteiger partial charge on any atom is 0.416 e. The summed E-state index contributed by atoms with van der Waals surface area (Å²) in [5, 5.41) is 7.72. The zero-order chi connectivity index (χ0) is 16.4. The van der Waals surface area contributed by atoms with Gasteiger partial charge in [0, 0.05) is 6.42 Å². The molecular formula is C16H12F3N3O. The second-order valence-corrected chi connectivity index (χ2v) is 5.08. The predicted octanol–water partition coefficient (Wildman–Crippen LogP) is 3.72. The van der Waals surface area contributed by atoms with Gasteiger partial charge in [-0.05, 0) is 36.2 Å². The van der Waals surface area contributed by atoms with Crippen LogP contribution in [0.1, 0.15) is 22.3 Å². The van der Waals surface area contributed by atoms with Crippen molar-refractivity contribution in [1.82, 2.24) is 15.0 Å². The molecule has 0 atom stereocenters. The average Bonchev–Trinajstić information content (AvgIpc) is 2.96. The number of carbonyl (C=O) groups is 1. The lowest BCUT2D eigenvalue weighted by atomic mass is 10.1. The topological polar surface area (TPSA) is 47.8 Å². The molecule has 2 aromatic carbocycles. The average molecular weight is 319 g/mol. The number of rotatable bonds is 3. The van der Waals surface area contributed by atoms with Gasteiger partial charge >= 0.3 is 6.18 Å². The van der Waals surface area contributed by atoms with Gasteiger partial charge in [0.15, 0.2) is 0 Å². The number of aryl methyl sites for hydroxylation is 1. The maximum absolute atomic E-state index is 12.5. The van der Waals surface area contributed by atoms with Gasteiger partial charge in [-0.3, -0.25) is 4.79 Å². The van der Waals surface area contributed by atoms with Crippen molar-refractivity contribution in [2.45, 2.75) is 19.0 Å². The lowest BCUT2D eigenvalue weighted by molar-refractivity contribution is -0.137. The lowest BCUT2D eigenvalue weighted by Gasteiger charge is -2.07. The highest BCUT2D eigenvalue weighted by molar-refractivity contribution is 5.88. The first-order valence-corrected chi connectivity index (χ1v) is 6.95. The van der Waals surface area contributed by atoms with E-state index in [0.717, 1.165) is 12.1 Å². The molecule has 0 saturated carbocycles. The number of aromatic nitrogens is 3. The van der Waals surface area contributed by atoms with E-state index >= 15 is 0 Å². The van der Waals surface area contributed by atoms with Gasteiger partial charge in [-0.1, -0.05) is 29.5 Å². The van der Waals surface area contributed by atoms with Crippen LogP contribution in [0.15, 0.2) is 48.5 Å². The van der Waals surface area contributed by atoms with Crippen LogP contribution >= 0.6 is 0 Å². The molecule has 0 aliphatic rings. The van der Waals surface area contributed by atoms with Gasteiger partial charge in [-0.15, -0.1) is 5.10 Å². The van der Waals surface area contributed by atoms with E-state index in [1.807, 2.05) is 0 Å². The van der Waals surface area contributed by atoms with Gasteiger partial charge < -0.3 is 0 Å². The van der Waals surface area contributed by atoms with Gasteiger partial charge in [0.1, 0.15) is 5.52 Å². The third-order valence-corrected chi connectivity index (χ3v) is 3.50. The summed E-state index contributed by atoms with van der Waals surface area (Å²) in [7, 11) is 0. The smallest absolute Gasteiger partial charge is 0.272 e. The SMILES string of the molecule is O=C(CCc1ccc(C(F)(F)F)cc1)n1nnc2ccccc21. The summed E-state index contributed by atoms with van der Waals surface area (Å²) in [6.45, 7) is 0. The van der Waals surface area contributed by atoms with E-state index in [9.17, 15) is 18.0 Å². The van der Waals surface area contributed by atoms with Crippen molar-refractivity contribution in [2.24, 2.45) is 0 Å². The van der Waals surface area contributed by atoms with Gasteiger partial charge in [-0.2, -0.15) is 17.9 Å². The predicted molar refractivity (Wildman–Crippen MR) is 77.9 cm³/mol. The molecule has 0 unspecified atom stereocenters. The summed E-state index contributed by atoms with van der Waals surface area (Å²) in [5.41, 5.74) is 1.20. The van der Waals surface area contributed by atoms with Crippen molar-refractivity contribution >= 4 is 16.9 Å². The molecule has 0 aliphatic heterocycles. The van der Waals surface area contributed by atoms with E-state index in [-0.39, 0.29) is 12.3 Å². The normalized spacial score (nSPS) is 11.8. The monoisotopic (exact) mass is 319 g/mol. The maximum atomic E-state index is 12.5. The zero-order valence-corrected chi connectivity index (χ0v) is 11.9. The molecule has 0 N–H and O–H groups in total. The number of nitrogens with zero attached hydrogens (tertiary/aromatic N) is 3. The molecule has 118 valence electrons. The summed E-state index contributed by atoms with van der Waals surface area (Å²) < 4.78 is 38.7. The highest BCUT2D eigenvalue weighted by atomic mass is 19.4. The van der Waals surface area contributed by atoms with Crippen LogP contribution in [0.4, 0.5) is 13.2 Å². The molecular weight excluding hydrogens is 307 g/mol. The summed E-state index contributed by atoms with van der Waals surface area (Å²) in [6, 6.07) is 11.9. The Hall–Kier alpha value is -2.70. The van der Waals surface area contributed by atoms with Crippen molar-refractivity contribution in [1.29, 1.82) is 0 Å². The van der Waals surface area contributed by atoms with Crippen LogP contribution in [0, 0.1) is 0 Å². The third kappa shape index (κ3) is 3.23. The van der Waals surface area contributed by atoms with Crippen molar-refractivity contribution in [2.75, 3.05) is 0 Å². The van der Waals surface area contributed by atoms with Crippen LogP contribution in [0.25, 0.3) is 11.0 Å². The second-order valence-electron chi connectivity index (χ2n) is 5.08. The van der Waals surface area contributed by atoms with Gasteiger partial charge in [0.05, 0.1) is 11.1 Å². The number of benzene rings is 2. The number of fused-ring (bicyclic) bond motifs is 1. The van der Waals surface area contributed by atoms with E-state index in [2.05, 4.69) is 10.3 Å². The number of para-hydroxylation sites is 1. The minimum Gasteiger partial charge on any atom is -0.272 e. The fourth-order valence-corrected chi connectivity index (χ4v) is 2.27. The van der Waals surface area contributed by atoms with E-state index in [1.165, 1.54) is 16.8 Å². The largest absolute Gasteiger partial charge is 0.416 e. The Kier molecular flexibility index (Phi) is 3.85. The Morgan fingerprint density at radius 2 is 1.74 bits per heavy atom. The first kappa shape index (κ1) is 15.2. The van der Waals surface area contributed by atoms with Crippen molar-refractivity contribution in [3.05, 3.63) is 59.7 Å². The second kappa shape index (κ2) is 5.83. The minimum atomic E-state index is -4.35. The Labute approximate surface area is 129 Å². The van der Waals surface area contributed by atoms with Crippen LogP contribution in [-0.2, 0) is 12.6 Å². The van der Waals surface area contributed by atoms with Crippen LogP contribution in [0.3, 0.4) is 0 Å². The molecule has 3 rings (SSSR count). The first-order chi connectivity index (χ1) is 10.9. The van der Waals surface area contributed by atoms with Gasteiger partial charge in [0.25, 0.3) is 0 Å². The van der Waals surface area contributed by atoms with Crippen molar-refractivity contribution in [3.8, 4) is 0 Å². The van der Waals surface area contributed by atoms with Crippen LogP contribution in [0.5, 0.6) is 0 Å². The van der Waals surface area contributed by atoms with E-state index < -0.39 is 11.7 Å². The van der Waals surface area contributed by atoms with Crippen LogP contribution < -0.4 is 0 Å². The number of alkyl halides is 3. The number of halogens is 3. The molecule has 23 heavy (non-hydrogen) atoms. The molecule has 0 fully saturated rings. The lowest BCUT2D eigenvalue weighted by Crippen LogP contribution is -2.13. The summed E-state index contributed by atoms with van der Waals surface area (Å²) in [6.07, 6.45) is -3.88. The summed E-state index contributed by atoms with van der Waals surface area (Å²) in [5.74, 6) is -0.251. The Morgan fingerprint density at radius 1 is 1.04 bits per heavy atom. The standard InChI is InChI=1S/C16H12F3N3O/c17-16(18,19)12-8-5-11(6-9-12)7-10-15(23)22-14-4-2-1-3-13(14)20-21-22/h1-6,8-9H,7,10H2. The zero-order valence-electron chi connectivity index (χ0n) is 11.9. The Bertz CT molecular complexity index is 838. The quantitative estimate of drug-likeness (QED) is 0.739. The van der Waals surface area contributed by atoms with Crippen molar-refractivity contribution < 1.29 is 18.0 Å². The number of hydrogen-bond acceptors (Lipinski definition) is 3. The summed E-state index contributed by atoms with van der Waals surface area (Å²) in [4.78, 5) is 12.2. The van der Waals surface area contributed by atoms with Crippen LogP contribution in [-0.4, -0.2) is 20.9 Å². The number of hydrogen-bond donors (Lipinski definition) is 0. The van der Waals surface area contributed by atoms with E-state index in [4.69, 9.17) is 0 Å². The van der Waals surface area contributed by atoms with Gasteiger partial charge in [0.2, 0.25) is 5.91 Å². The molecule has 1 heterocycles. The minimum absolute atomic E-state index is 0.138. The Morgan fingerprint density at radius 3 is 2.43 bits per heavy atom. The molecule has 0 saturated heterocycles. The molecule has 4 nitrogen and oxygen atoms in total. The molecule has 0 aliphatic carbocycles. The fraction of sp³-hybridized carbons (Fsp3) is 0.188. The van der Waals surface area contributed by atoms with Crippen molar-refractivity contribution in [3.63, 3.8) is 0 Å². The van der Waals surface area contributed by atoms with Crippen LogP contribution in [0.2, 0.25) is 0 Å². The van der Waals surface area contributed by atoms with E-state index in [0.29, 0.717) is 23.0 Å². The molecule has 7 heteroatoms. The molecule has 0 radical (unpaired) electrons. The third-order valence-electron chi connectivity index (χ3n) is 3.50. The first-order valence-electron chi connectivity index (χ1n) is 6.95. The highest BCUT2D eigenvalue weighted by Gasteiger charge is 2.29. The van der Waals surface area contributed by atoms with Gasteiger partial charge in [-0.25, -0.2) is 0 Å². The molecule has 0 spiro atoms.